The highest BCUT2D eigenvalue weighted by Gasteiger charge is 2.11. The summed E-state index contributed by atoms with van der Waals surface area (Å²) in [5.41, 5.74) is 4.29. The predicted octanol–water partition coefficient (Wildman–Crippen LogP) is 2.63. The number of aromatic amines is 1. The van der Waals surface area contributed by atoms with Crippen molar-refractivity contribution in [2.75, 3.05) is 11.9 Å². The monoisotopic (exact) mass is 300 g/mol. The van der Waals surface area contributed by atoms with Crippen LogP contribution >= 0.6 is 0 Å². The first kappa shape index (κ1) is 15.8. The van der Waals surface area contributed by atoms with Crippen LogP contribution < -0.4 is 15.5 Å². The summed E-state index contributed by atoms with van der Waals surface area (Å²) in [4.78, 5) is 26.6. The van der Waals surface area contributed by atoms with Gasteiger partial charge in [-0.3, -0.25) is 9.59 Å². The zero-order valence-electron chi connectivity index (χ0n) is 13.2. The summed E-state index contributed by atoms with van der Waals surface area (Å²) >= 11 is 0. The number of H-pyrrole nitrogens is 1. The quantitative estimate of drug-likeness (QED) is 0.911. The molecule has 2 aromatic rings. The number of hydrogen-bond donors (Lipinski definition) is 2. The summed E-state index contributed by atoms with van der Waals surface area (Å²) in [6, 6.07) is 5.39. The zero-order valence-corrected chi connectivity index (χ0v) is 13.2. The van der Waals surface area contributed by atoms with E-state index in [1.54, 1.807) is 13.1 Å². The molecule has 0 atom stereocenters. The van der Waals surface area contributed by atoms with Crippen molar-refractivity contribution in [3.63, 3.8) is 0 Å². The van der Waals surface area contributed by atoms with Gasteiger partial charge in [0.05, 0.1) is 5.69 Å². The SMILES string of the molecule is Cc1cc(C)c(NC(=O)COc2c(C)[nH]ccc2=O)c(C)c1. The largest absolute Gasteiger partial charge is 0.478 e. The number of pyridine rings is 1. The molecule has 1 aromatic carbocycles. The summed E-state index contributed by atoms with van der Waals surface area (Å²) < 4.78 is 5.35. The number of hydrogen-bond acceptors (Lipinski definition) is 3. The Morgan fingerprint density at radius 1 is 1.18 bits per heavy atom. The van der Waals surface area contributed by atoms with Crippen LogP contribution in [-0.2, 0) is 4.79 Å². The number of nitrogens with one attached hydrogen (secondary N) is 2. The van der Waals surface area contributed by atoms with E-state index < -0.39 is 0 Å². The summed E-state index contributed by atoms with van der Waals surface area (Å²) in [5.74, 6) is -0.118. The van der Waals surface area contributed by atoms with E-state index >= 15 is 0 Å². The molecular weight excluding hydrogens is 280 g/mol. The van der Waals surface area contributed by atoms with Crippen LogP contribution in [0.4, 0.5) is 5.69 Å². The van der Waals surface area contributed by atoms with Crippen LogP contribution in [0.15, 0.2) is 29.2 Å². The molecule has 0 bridgehead atoms. The van der Waals surface area contributed by atoms with Gasteiger partial charge in [0.15, 0.2) is 12.4 Å². The van der Waals surface area contributed by atoms with E-state index in [0.29, 0.717) is 5.69 Å². The molecule has 1 aromatic heterocycles. The zero-order chi connectivity index (χ0) is 16.3. The number of aromatic nitrogens is 1. The molecule has 5 heteroatoms. The third kappa shape index (κ3) is 3.55. The fraction of sp³-hybridized carbons (Fsp3) is 0.294. The number of carbonyl (C=O) groups excluding carboxylic acids is 1. The van der Waals surface area contributed by atoms with Crippen molar-refractivity contribution < 1.29 is 9.53 Å². The lowest BCUT2D eigenvalue weighted by molar-refractivity contribution is -0.118. The first-order valence-corrected chi connectivity index (χ1v) is 7.07. The Labute approximate surface area is 129 Å². The molecule has 0 radical (unpaired) electrons. The molecule has 0 fully saturated rings. The minimum Gasteiger partial charge on any atom is -0.478 e. The highest BCUT2D eigenvalue weighted by molar-refractivity contribution is 5.93. The normalized spacial score (nSPS) is 10.4. The predicted molar refractivity (Wildman–Crippen MR) is 86.6 cm³/mol. The van der Waals surface area contributed by atoms with Gasteiger partial charge in [-0.05, 0) is 38.8 Å². The molecule has 0 aliphatic rings. The van der Waals surface area contributed by atoms with Crippen LogP contribution in [0.1, 0.15) is 22.4 Å². The number of anilines is 1. The maximum Gasteiger partial charge on any atom is 0.262 e. The van der Waals surface area contributed by atoms with Crippen LogP contribution in [-0.4, -0.2) is 17.5 Å². The minimum absolute atomic E-state index is 0.176. The summed E-state index contributed by atoms with van der Waals surface area (Å²) in [6.45, 7) is 7.42. The van der Waals surface area contributed by atoms with Crippen molar-refractivity contribution in [1.82, 2.24) is 4.98 Å². The van der Waals surface area contributed by atoms with Crippen molar-refractivity contribution >= 4 is 11.6 Å². The maximum absolute atomic E-state index is 12.0. The average molecular weight is 300 g/mol. The van der Waals surface area contributed by atoms with E-state index in [1.165, 1.54) is 6.07 Å². The van der Waals surface area contributed by atoms with Gasteiger partial charge in [0.2, 0.25) is 5.43 Å². The van der Waals surface area contributed by atoms with Crippen molar-refractivity contribution in [2.24, 2.45) is 0 Å². The van der Waals surface area contributed by atoms with Gasteiger partial charge in [0, 0.05) is 18.0 Å². The Morgan fingerprint density at radius 2 is 1.82 bits per heavy atom. The van der Waals surface area contributed by atoms with Gasteiger partial charge in [-0.2, -0.15) is 0 Å². The Balaban J connectivity index is 2.07. The van der Waals surface area contributed by atoms with Crippen LogP contribution in [0.3, 0.4) is 0 Å². The molecule has 0 saturated heterocycles. The summed E-state index contributed by atoms with van der Waals surface area (Å²) in [7, 11) is 0. The molecule has 0 spiro atoms. The van der Waals surface area contributed by atoms with Crippen LogP contribution in [0, 0.1) is 27.7 Å². The molecule has 22 heavy (non-hydrogen) atoms. The second-order valence-corrected chi connectivity index (χ2v) is 5.41. The molecule has 2 N–H and O–H groups in total. The van der Waals surface area contributed by atoms with Crippen LogP contribution in [0.25, 0.3) is 0 Å². The van der Waals surface area contributed by atoms with Crippen LogP contribution in [0.5, 0.6) is 5.75 Å². The molecular formula is C17H20N2O3. The van der Waals surface area contributed by atoms with Crippen LogP contribution in [0.2, 0.25) is 0 Å². The van der Waals surface area contributed by atoms with Crippen molar-refractivity contribution in [1.29, 1.82) is 0 Å². The molecule has 5 nitrogen and oxygen atoms in total. The smallest absolute Gasteiger partial charge is 0.262 e. The van der Waals surface area contributed by atoms with E-state index in [9.17, 15) is 9.59 Å². The third-order valence-corrected chi connectivity index (χ3v) is 3.39. The topological polar surface area (TPSA) is 71.2 Å². The lowest BCUT2D eigenvalue weighted by Crippen LogP contribution is -2.23. The Bertz CT molecular complexity index is 740. The van der Waals surface area contributed by atoms with E-state index in [4.69, 9.17) is 4.74 Å². The lowest BCUT2D eigenvalue weighted by atomic mass is 10.1. The van der Waals surface area contributed by atoms with Gasteiger partial charge in [-0.25, -0.2) is 0 Å². The number of ether oxygens (including phenoxy) is 1. The third-order valence-electron chi connectivity index (χ3n) is 3.39. The van der Waals surface area contributed by atoms with E-state index in [2.05, 4.69) is 10.3 Å². The molecule has 116 valence electrons. The molecule has 0 saturated carbocycles. The van der Waals surface area contributed by atoms with Gasteiger partial charge in [-0.1, -0.05) is 17.7 Å². The van der Waals surface area contributed by atoms with Crippen molar-refractivity contribution in [3.8, 4) is 5.75 Å². The molecule has 1 heterocycles. The Hall–Kier alpha value is -2.56. The fourth-order valence-corrected chi connectivity index (χ4v) is 2.44. The first-order valence-electron chi connectivity index (χ1n) is 7.07. The molecule has 1 amide bonds. The lowest BCUT2D eigenvalue weighted by Gasteiger charge is -2.13. The number of carbonyl (C=O) groups is 1. The number of benzene rings is 1. The maximum atomic E-state index is 12.0. The molecule has 0 aliphatic heterocycles. The second kappa shape index (κ2) is 6.47. The van der Waals surface area contributed by atoms with Crippen molar-refractivity contribution in [3.05, 3.63) is 57.0 Å². The van der Waals surface area contributed by atoms with E-state index in [1.807, 2.05) is 32.9 Å². The summed E-state index contributed by atoms with van der Waals surface area (Å²) in [6.07, 6.45) is 1.55. The van der Waals surface area contributed by atoms with Gasteiger partial charge in [0.1, 0.15) is 0 Å². The summed E-state index contributed by atoms with van der Waals surface area (Å²) in [5, 5.41) is 2.84. The molecule has 0 unspecified atom stereocenters. The average Bonchev–Trinajstić information content (AvgIpc) is 2.42. The van der Waals surface area contributed by atoms with Gasteiger partial charge >= 0.3 is 0 Å². The standard InChI is InChI=1S/C17H20N2O3/c1-10-7-11(2)16(12(3)8-10)19-15(21)9-22-17-13(4)18-6-5-14(17)20/h5-8H,9H2,1-4H3,(H,18,20)(H,19,21). The number of rotatable bonds is 4. The highest BCUT2D eigenvalue weighted by atomic mass is 16.5. The Kier molecular flexibility index (Phi) is 4.65. The van der Waals surface area contributed by atoms with Gasteiger partial charge in [0.25, 0.3) is 5.91 Å². The number of aryl methyl sites for hydroxylation is 4. The second-order valence-electron chi connectivity index (χ2n) is 5.41. The molecule has 2 rings (SSSR count). The fourth-order valence-electron chi connectivity index (χ4n) is 2.44. The van der Waals surface area contributed by atoms with E-state index in [0.717, 1.165) is 22.4 Å². The van der Waals surface area contributed by atoms with Crippen molar-refractivity contribution in [2.45, 2.75) is 27.7 Å². The molecule has 0 aliphatic carbocycles. The minimum atomic E-state index is -0.294. The van der Waals surface area contributed by atoms with Gasteiger partial charge < -0.3 is 15.0 Å². The number of amides is 1. The Morgan fingerprint density at radius 3 is 2.41 bits per heavy atom. The van der Waals surface area contributed by atoms with Gasteiger partial charge in [-0.15, -0.1) is 0 Å². The van der Waals surface area contributed by atoms with E-state index in [-0.39, 0.29) is 23.7 Å². The highest BCUT2D eigenvalue weighted by Crippen LogP contribution is 2.21. The first-order chi connectivity index (χ1) is 10.4.